The Hall–Kier alpha value is -1.43. The first-order valence-corrected chi connectivity index (χ1v) is 5.83. The number of hydrogen-bond donors (Lipinski definition) is 1. The number of anilines is 1. The maximum Gasteiger partial charge on any atom is 0.203 e. The van der Waals surface area contributed by atoms with Crippen molar-refractivity contribution in [2.75, 3.05) is 5.32 Å². The van der Waals surface area contributed by atoms with Crippen LogP contribution in [-0.4, -0.2) is 24.7 Å². The van der Waals surface area contributed by atoms with Crippen molar-refractivity contribution < 1.29 is 0 Å². The molecule has 1 N–H and O–H groups in total. The molecule has 2 heterocycles. The van der Waals surface area contributed by atoms with Crippen LogP contribution in [0.4, 0.5) is 5.13 Å². The molecule has 2 aromatic rings. The van der Waals surface area contributed by atoms with Gasteiger partial charge in [0.25, 0.3) is 0 Å². The molecule has 0 aliphatic carbocycles. The van der Waals surface area contributed by atoms with Crippen molar-refractivity contribution in [3.8, 4) is 11.5 Å². The smallest absolute Gasteiger partial charge is 0.203 e. The Balaban J connectivity index is 2.20. The number of nitrogens with one attached hydrogen (secondary N) is 1. The fourth-order valence-electron chi connectivity index (χ4n) is 1.23. The van der Waals surface area contributed by atoms with Crippen molar-refractivity contribution in [2.24, 2.45) is 7.05 Å². The van der Waals surface area contributed by atoms with E-state index in [-0.39, 0.29) is 5.54 Å². The average molecular weight is 237 g/mol. The van der Waals surface area contributed by atoms with Crippen LogP contribution in [-0.2, 0) is 7.05 Å². The van der Waals surface area contributed by atoms with Crippen LogP contribution in [0.3, 0.4) is 0 Å². The van der Waals surface area contributed by atoms with Gasteiger partial charge in [-0.2, -0.15) is 14.5 Å². The SMILES string of the molecule is Cn1ccc(-c2nsc(NC(C)(C)C)n2)n1. The summed E-state index contributed by atoms with van der Waals surface area (Å²) in [4.78, 5) is 4.40. The van der Waals surface area contributed by atoms with Gasteiger partial charge in [0.1, 0.15) is 5.69 Å². The molecule has 0 amide bonds. The lowest BCUT2D eigenvalue weighted by atomic mass is 10.1. The summed E-state index contributed by atoms with van der Waals surface area (Å²) >= 11 is 1.36. The van der Waals surface area contributed by atoms with E-state index in [0.717, 1.165) is 10.8 Å². The molecule has 0 fully saturated rings. The van der Waals surface area contributed by atoms with E-state index in [4.69, 9.17) is 0 Å². The Kier molecular flexibility index (Phi) is 2.67. The zero-order valence-corrected chi connectivity index (χ0v) is 10.7. The van der Waals surface area contributed by atoms with E-state index in [0.29, 0.717) is 5.82 Å². The van der Waals surface area contributed by atoms with Gasteiger partial charge in [-0.3, -0.25) is 4.68 Å². The molecule has 0 radical (unpaired) electrons. The second kappa shape index (κ2) is 3.86. The van der Waals surface area contributed by atoms with E-state index in [1.54, 1.807) is 4.68 Å². The van der Waals surface area contributed by atoms with Gasteiger partial charge in [0.2, 0.25) is 5.13 Å². The molecule has 0 aliphatic heterocycles. The summed E-state index contributed by atoms with van der Waals surface area (Å²) in [7, 11) is 1.88. The molecule has 2 rings (SSSR count). The van der Waals surface area contributed by atoms with E-state index in [1.807, 2.05) is 19.3 Å². The monoisotopic (exact) mass is 237 g/mol. The molecule has 0 saturated heterocycles. The first-order chi connectivity index (χ1) is 7.44. The normalized spacial score (nSPS) is 11.8. The zero-order valence-electron chi connectivity index (χ0n) is 9.85. The van der Waals surface area contributed by atoms with Crippen LogP contribution >= 0.6 is 11.5 Å². The molecule has 0 aromatic carbocycles. The van der Waals surface area contributed by atoms with Gasteiger partial charge in [-0.1, -0.05) is 0 Å². The third-order valence-electron chi connectivity index (χ3n) is 1.85. The topological polar surface area (TPSA) is 55.6 Å². The number of aromatic nitrogens is 4. The Morgan fingerprint density at radius 1 is 1.38 bits per heavy atom. The molecule has 86 valence electrons. The molecule has 0 spiro atoms. The number of hydrogen-bond acceptors (Lipinski definition) is 5. The van der Waals surface area contributed by atoms with Crippen molar-refractivity contribution >= 4 is 16.7 Å². The van der Waals surface area contributed by atoms with Gasteiger partial charge in [-0.05, 0) is 26.8 Å². The van der Waals surface area contributed by atoms with Crippen molar-refractivity contribution in [3.05, 3.63) is 12.3 Å². The van der Waals surface area contributed by atoms with Crippen LogP contribution in [0.15, 0.2) is 12.3 Å². The third-order valence-corrected chi connectivity index (χ3v) is 2.48. The molecular formula is C10H15N5S. The quantitative estimate of drug-likeness (QED) is 0.869. The molecule has 6 heteroatoms. The Bertz CT molecular complexity index is 479. The highest BCUT2D eigenvalue weighted by Crippen LogP contribution is 2.21. The molecule has 0 unspecified atom stereocenters. The van der Waals surface area contributed by atoms with E-state index in [1.165, 1.54) is 11.5 Å². The first-order valence-electron chi connectivity index (χ1n) is 5.06. The number of rotatable bonds is 2. The molecule has 0 bridgehead atoms. The average Bonchev–Trinajstić information content (AvgIpc) is 2.71. The molecule has 0 atom stereocenters. The van der Waals surface area contributed by atoms with E-state index >= 15 is 0 Å². The van der Waals surface area contributed by atoms with Gasteiger partial charge in [-0.15, -0.1) is 0 Å². The highest BCUT2D eigenvalue weighted by atomic mass is 32.1. The van der Waals surface area contributed by atoms with E-state index in [9.17, 15) is 0 Å². The van der Waals surface area contributed by atoms with E-state index < -0.39 is 0 Å². The summed E-state index contributed by atoms with van der Waals surface area (Å²) in [6.45, 7) is 6.28. The van der Waals surface area contributed by atoms with Gasteiger partial charge in [0.15, 0.2) is 5.82 Å². The van der Waals surface area contributed by atoms with Crippen LogP contribution in [0.5, 0.6) is 0 Å². The maximum absolute atomic E-state index is 4.40. The van der Waals surface area contributed by atoms with Gasteiger partial charge >= 0.3 is 0 Å². The minimum absolute atomic E-state index is 0.000912. The summed E-state index contributed by atoms with van der Waals surface area (Å²) in [5, 5.41) is 8.38. The summed E-state index contributed by atoms with van der Waals surface area (Å²) in [5.41, 5.74) is 0.807. The van der Waals surface area contributed by atoms with Gasteiger partial charge in [0.05, 0.1) is 0 Å². The summed E-state index contributed by atoms with van der Waals surface area (Å²) in [6.07, 6.45) is 1.88. The zero-order chi connectivity index (χ0) is 11.8. The van der Waals surface area contributed by atoms with Crippen LogP contribution in [0.2, 0.25) is 0 Å². The summed E-state index contributed by atoms with van der Waals surface area (Å²) in [5.74, 6) is 0.678. The molecule has 0 aliphatic rings. The fraction of sp³-hybridized carbons (Fsp3) is 0.500. The van der Waals surface area contributed by atoms with Gasteiger partial charge in [-0.25, -0.2) is 0 Å². The van der Waals surface area contributed by atoms with Crippen LogP contribution < -0.4 is 5.32 Å². The Morgan fingerprint density at radius 3 is 2.69 bits per heavy atom. The van der Waals surface area contributed by atoms with Crippen molar-refractivity contribution in [1.29, 1.82) is 0 Å². The molecule has 2 aromatic heterocycles. The highest BCUT2D eigenvalue weighted by molar-refractivity contribution is 7.09. The predicted octanol–water partition coefficient (Wildman–Crippen LogP) is 2.15. The van der Waals surface area contributed by atoms with Crippen molar-refractivity contribution in [2.45, 2.75) is 26.3 Å². The molecule has 5 nitrogen and oxygen atoms in total. The molecular weight excluding hydrogens is 222 g/mol. The second-order valence-corrected chi connectivity index (χ2v) is 5.42. The van der Waals surface area contributed by atoms with Gasteiger partial charge in [0, 0.05) is 30.3 Å². The lowest BCUT2D eigenvalue weighted by Crippen LogP contribution is -2.25. The minimum Gasteiger partial charge on any atom is -0.356 e. The number of aryl methyl sites for hydroxylation is 1. The van der Waals surface area contributed by atoms with Crippen LogP contribution in [0.25, 0.3) is 11.5 Å². The van der Waals surface area contributed by atoms with Crippen LogP contribution in [0, 0.1) is 0 Å². The standard InChI is InChI=1S/C10H15N5S/c1-10(2,3)12-9-11-8(14-16-9)7-5-6-15(4)13-7/h5-6H,1-4H3,(H,11,12,14). The summed E-state index contributed by atoms with van der Waals surface area (Å²) < 4.78 is 6.02. The number of nitrogens with zero attached hydrogens (tertiary/aromatic N) is 4. The lowest BCUT2D eigenvalue weighted by Gasteiger charge is -2.18. The summed E-state index contributed by atoms with van der Waals surface area (Å²) in [6, 6.07) is 1.91. The largest absolute Gasteiger partial charge is 0.356 e. The van der Waals surface area contributed by atoms with E-state index in [2.05, 4.69) is 40.5 Å². The second-order valence-electron chi connectivity index (χ2n) is 4.67. The highest BCUT2D eigenvalue weighted by Gasteiger charge is 2.14. The lowest BCUT2D eigenvalue weighted by molar-refractivity contribution is 0.633. The van der Waals surface area contributed by atoms with Gasteiger partial charge < -0.3 is 5.32 Å². The minimum atomic E-state index is 0.000912. The predicted molar refractivity (Wildman–Crippen MR) is 65.5 cm³/mol. The van der Waals surface area contributed by atoms with Crippen LogP contribution in [0.1, 0.15) is 20.8 Å². The molecule has 0 saturated carbocycles. The Labute approximate surface area is 98.7 Å². The van der Waals surface area contributed by atoms with Crippen molar-refractivity contribution in [1.82, 2.24) is 19.1 Å². The molecule has 16 heavy (non-hydrogen) atoms. The Morgan fingerprint density at radius 2 is 2.12 bits per heavy atom. The fourth-order valence-corrected chi connectivity index (χ4v) is 2.02. The first kappa shape index (κ1) is 11.1. The maximum atomic E-state index is 4.40. The third kappa shape index (κ3) is 2.57. The van der Waals surface area contributed by atoms with Crippen molar-refractivity contribution in [3.63, 3.8) is 0 Å².